The maximum absolute atomic E-state index is 3.25. The third-order valence-electron chi connectivity index (χ3n) is 3.73. The number of rotatable bonds is 2. The number of hydrogen-bond donors (Lipinski definition) is 1. The van der Waals surface area contributed by atoms with Crippen LogP contribution in [0.3, 0.4) is 0 Å². The van der Waals surface area contributed by atoms with Gasteiger partial charge in [-0.3, -0.25) is 4.90 Å². The lowest BCUT2D eigenvalue weighted by molar-refractivity contribution is 0.272. The molecule has 0 radical (unpaired) electrons. The first-order chi connectivity index (χ1) is 7.88. The van der Waals surface area contributed by atoms with Gasteiger partial charge in [0.25, 0.3) is 0 Å². The molecule has 1 fully saturated rings. The SMILES string of the molecule is CCN1CCCC1c1ccc2[nH]ccc2c1. The normalized spacial score (nSPS) is 21.9. The fourth-order valence-electron chi connectivity index (χ4n) is 2.86. The molecular formula is C14H18N2. The van der Waals surface area contributed by atoms with Crippen LogP contribution in [0.5, 0.6) is 0 Å². The lowest BCUT2D eigenvalue weighted by Crippen LogP contribution is -2.22. The number of nitrogens with one attached hydrogen (secondary N) is 1. The first kappa shape index (κ1) is 9.91. The summed E-state index contributed by atoms with van der Waals surface area (Å²) in [6, 6.07) is 9.62. The Labute approximate surface area is 96.3 Å². The van der Waals surface area contributed by atoms with Crippen LogP contribution in [0.25, 0.3) is 10.9 Å². The summed E-state index contributed by atoms with van der Waals surface area (Å²) >= 11 is 0. The smallest absolute Gasteiger partial charge is 0.0454 e. The summed E-state index contributed by atoms with van der Waals surface area (Å²) in [5.41, 5.74) is 2.72. The van der Waals surface area contributed by atoms with Crippen molar-refractivity contribution in [2.24, 2.45) is 0 Å². The van der Waals surface area contributed by atoms with Gasteiger partial charge in [0.15, 0.2) is 0 Å². The Morgan fingerprint density at radius 2 is 2.31 bits per heavy atom. The third kappa shape index (κ3) is 1.54. The molecule has 2 aromatic rings. The van der Waals surface area contributed by atoms with Crippen LogP contribution >= 0.6 is 0 Å². The largest absolute Gasteiger partial charge is 0.361 e. The number of likely N-dealkylation sites (tertiary alicyclic amines) is 1. The maximum Gasteiger partial charge on any atom is 0.0454 e. The molecule has 0 spiro atoms. The zero-order chi connectivity index (χ0) is 11.0. The molecule has 0 bridgehead atoms. The number of aromatic amines is 1. The van der Waals surface area contributed by atoms with Crippen molar-refractivity contribution in [2.75, 3.05) is 13.1 Å². The quantitative estimate of drug-likeness (QED) is 0.812. The molecule has 1 N–H and O–H groups in total. The van der Waals surface area contributed by atoms with Crippen molar-refractivity contribution >= 4 is 10.9 Å². The van der Waals surface area contributed by atoms with Gasteiger partial charge in [0.05, 0.1) is 0 Å². The van der Waals surface area contributed by atoms with Crippen LogP contribution in [-0.4, -0.2) is 23.0 Å². The Morgan fingerprint density at radius 3 is 3.19 bits per heavy atom. The highest BCUT2D eigenvalue weighted by atomic mass is 15.2. The molecule has 84 valence electrons. The van der Waals surface area contributed by atoms with Crippen molar-refractivity contribution in [1.29, 1.82) is 0 Å². The van der Waals surface area contributed by atoms with E-state index in [1.54, 1.807) is 0 Å². The minimum absolute atomic E-state index is 0.643. The zero-order valence-electron chi connectivity index (χ0n) is 9.74. The van der Waals surface area contributed by atoms with Gasteiger partial charge in [0.1, 0.15) is 0 Å². The summed E-state index contributed by atoms with van der Waals surface area (Å²) in [4.78, 5) is 5.83. The predicted molar refractivity (Wildman–Crippen MR) is 67.5 cm³/mol. The molecule has 16 heavy (non-hydrogen) atoms. The molecule has 0 aliphatic carbocycles. The lowest BCUT2D eigenvalue weighted by Gasteiger charge is -2.23. The van der Waals surface area contributed by atoms with Gasteiger partial charge in [0.2, 0.25) is 0 Å². The molecule has 0 amide bonds. The highest BCUT2D eigenvalue weighted by Crippen LogP contribution is 2.32. The van der Waals surface area contributed by atoms with Gasteiger partial charge in [-0.05, 0) is 55.1 Å². The van der Waals surface area contributed by atoms with Gasteiger partial charge in [-0.15, -0.1) is 0 Å². The van der Waals surface area contributed by atoms with Crippen LogP contribution < -0.4 is 0 Å². The number of benzene rings is 1. The van der Waals surface area contributed by atoms with Gasteiger partial charge in [0, 0.05) is 17.8 Å². The van der Waals surface area contributed by atoms with E-state index in [0.717, 1.165) is 6.54 Å². The molecule has 1 unspecified atom stereocenters. The lowest BCUT2D eigenvalue weighted by atomic mass is 10.0. The van der Waals surface area contributed by atoms with E-state index in [2.05, 4.69) is 41.1 Å². The van der Waals surface area contributed by atoms with E-state index in [1.165, 1.54) is 35.9 Å². The van der Waals surface area contributed by atoms with Gasteiger partial charge in [-0.2, -0.15) is 0 Å². The number of fused-ring (bicyclic) bond motifs is 1. The van der Waals surface area contributed by atoms with Crippen LogP contribution in [0.15, 0.2) is 30.5 Å². The Bertz CT molecular complexity index is 486. The molecule has 3 rings (SSSR count). The summed E-state index contributed by atoms with van der Waals surface area (Å²) in [7, 11) is 0. The summed E-state index contributed by atoms with van der Waals surface area (Å²) in [5.74, 6) is 0. The monoisotopic (exact) mass is 214 g/mol. The van der Waals surface area contributed by atoms with Gasteiger partial charge < -0.3 is 4.98 Å². The molecular weight excluding hydrogens is 196 g/mol. The van der Waals surface area contributed by atoms with Gasteiger partial charge in [-0.1, -0.05) is 13.0 Å². The van der Waals surface area contributed by atoms with Crippen LogP contribution in [0, 0.1) is 0 Å². The molecule has 1 aliphatic rings. The summed E-state index contributed by atoms with van der Waals surface area (Å²) < 4.78 is 0. The van der Waals surface area contributed by atoms with Crippen molar-refractivity contribution in [2.45, 2.75) is 25.8 Å². The Hall–Kier alpha value is -1.28. The van der Waals surface area contributed by atoms with Crippen LogP contribution in [0.2, 0.25) is 0 Å². The van der Waals surface area contributed by atoms with Gasteiger partial charge >= 0.3 is 0 Å². The molecule has 1 aromatic heterocycles. The predicted octanol–water partition coefficient (Wildman–Crippen LogP) is 3.32. The minimum atomic E-state index is 0.643. The third-order valence-corrected chi connectivity index (χ3v) is 3.73. The van der Waals surface area contributed by atoms with Crippen molar-refractivity contribution in [3.8, 4) is 0 Å². The molecule has 2 heterocycles. The summed E-state index contributed by atoms with van der Waals surface area (Å²) in [5, 5.41) is 1.33. The van der Waals surface area contributed by atoms with E-state index >= 15 is 0 Å². The average molecular weight is 214 g/mol. The molecule has 0 saturated carbocycles. The zero-order valence-corrected chi connectivity index (χ0v) is 9.74. The first-order valence-electron chi connectivity index (χ1n) is 6.19. The van der Waals surface area contributed by atoms with Crippen molar-refractivity contribution in [3.05, 3.63) is 36.0 Å². The van der Waals surface area contributed by atoms with Crippen LogP contribution in [-0.2, 0) is 0 Å². The number of nitrogens with zero attached hydrogens (tertiary/aromatic N) is 1. The highest BCUT2D eigenvalue weighted by Gasteiger charge is 2.24. The number of aromatic nitrogens is 1. The topological polar surface area (TPSA) is 19.0 Å². The van der Waals surface area contributed by atoms with Crippen molar-refractivity contribution in [3.63, 3.8) is 0 Å². The molecule has 1 aliphatic heterocycles. The fourth-order valence-corrected chi connectivity index (χ4v) is 2.86. The van der Waals surface area contributed by atoms with E-state index in [-0.39, 0.29) is 0 Å². The molecule has 1 atom stereocenters. The van der Waals surface area contributed by atoms with Crippen LogP contribution in [0.1, 0.15) is 31.4 Å². The molecule has 1 saturated heterocycles. The van der Waals surface area contributed by atoms with Crippen LogP contribution in [0.4, 0.5) is 0 Å². The van der Waals surface area contributed by atoms with Crippen molar-refractivity contribution in [1.82, 2.24) is 9.88 Å². The van der Waals surface area contributed by atoms with Gasteiger partial charge in [-0.25, -0.2) is 0 Å². The molecule has 2 nitrogen and oxygen atoms in total. The van der Waals surface area contributed by atoms with E-state index in [1.807, 2.05) is 6.20 Å². The number of hydrogen-bond acceptors (Lipinski definition) is 1. The average Bonchev–Trinajstić information content (AvgIpc) is 2.96. The summed E-state index contributed by atoms with van der Waals surface area (Å²) in [6.07, 6.45) is 4.66. The minimum Gasteiger partial charge on any atom is -0.361 e. The van der Waals surface area contributed by atoms with E-state index in [9.17, 15) is 0 Å². The van der Waals surface area contributed by atoms with E-state index in [0.29, 0.717) is 6.04 Å². The second-order valence-corrected chi connectivity index (χ2v) is 4.61. The molecule has 2 heteroatoms. The maximum atomic E-state index is 3.25. The number of H-pyrrole nitrogens is 1. The fraction of sp³-hybridized carbons (Fsp3) is 0.429. The Morgan fingerprint density at radius 1 is 1.38 bits per heavy atom. The van der Waals surface area contributed by atoms with E-state index in [4.69, 9.17) is 0 Å². The second kappa shape index (κ2) is 3.95. The second-order valence-electron chi connectivity index (χ2n) is 4.61. The highest BCUT2D eigenvalue weighted by molar-refractivity contribution is 5.80. The van der Waals surface area contributed by atoms with E-state index < -0.39 is 0 Å². The molecule has 1 aromatic carbocycles. The first-order valence-corrected chi connectivity index (χ1v) is 6.19. The Balaban J connectivity index is 1.98. The standard InChI is InChI=1S/C14H18N2/c1-2-16-9-3-4-14(16)12-5-6-13-11(10-12)7-8-15-13/h5-8,10,14-15H,2-4,9H2,1H3. The van der Waals surface area contributed by atoms with Crippen molar-refractivity contribution < 1.29 is 0 Å². The summed E-state index contributed by atoms with van der Waals surface area (Å²) in [6.45, 7) is 4.68. The Kier molecular flexibility index (Phi) is 2.44.